The molecule has 0 aliphatic carbocycles. The van der Waals surface area contributed by atoms with Crippen LogP contribution in [0, 0.1) is 6.92 Å². The van der Waals surface area contributed by atoms with Gasteiger partial charge in [-0.2, -0.15) is 0 Å². The fourth-order valence-electron chi connectivity index (χ4n) is 3.20. The summed E-state index contributed by atoms with van der Waals surface area (Å²) in [5.74, 6) is 0.443. The Labute approximate surface area is 171 Å². The molecule has 2 aromatic heterocycles. The third-order valence-corrected chi connectivity index (χ3v) is 4.71. The van der Waals surface area contributed by atoms with Crippen LogP contribution in [0.5, 0.6) is 11.5 Å². The molecule has 0 aliphatic heterocycles. The minimum Gasteiger partial charge on any atom is -0.497 e. The zero-order valence-electron chi connectivity index (χ0n) is 16.6. The smallest absolute Gasteiger partial charge is 0.332 e. The molecule has 0 bridgehead atoms. The number of carbonyl (C=O) groups is 1. The van der Waals surface area contributed by atoms with Gasteiger partial charge in [0.25, 0.3) is 5.91 Å². The minimum absolute atomic E-state index is 0.0872. The van der Waals surface area contributed by atoms with Gasteiger partial charge in [0.05, 0.1) is 25.5 Å². The summed E-state index contributed by atoms with van der Waals surface area (Å²) in [6.45, 7) is 1.95. The van der Waals surface area contributed by atoms with Gasteiger partial charge < -0.3 is 20.2 Å². The van der Waals surface area contributed by atoms with Crippen LogP contribution in [0.3, 0.4) is 0 Å². The second-order valence-corrected chi connectivity index (χ2v) is 6.63. The zero-order valence-corrected chi connectivity index (χ0v) is 16.6. The molecule has 0 aliphatic rings. The average molecular weight is 405 g/mol. The predicted molar refractivity (Wildman–Crippen MR) is 111 cm³/mol. The average Bonchev–Trinajstić information content (AvgIpc) is 3.08. The van der Waals surface area contributed by atoms with Crippen molar-refractivity contribution < 1.29 is 14.3 Å². The molecule has 0 atom stereocenters. The number of hydrogen-bond acceptors (Lipinski definition) is 6. The van der Waals surface area contributed by atoms with Gasteiger partial charge in [0.2, 0.25) is 0 Å². The summed E-state index contributed by atoms with van der Waals surface area (Å²) in [7, 11) is 3.05. The molecule has 0 saturated heterocycles. The molecular formula is C21H19N5O4. The van der Waals surface area contributed by atoms with E-state index in [1.165, 1.54) is 11.7 Å². The first-order valence-corrected chi connectivity index (χ1v) is 9.05. The van der Waals surface area contributed by atoms with Crippen molar-refractivity contribution >= 4 is 17.1 Å². The number of primary amides is 1. The third-order valence-electron chi connectivity index (χ3n) is 4.71. The number of benzene rings is 2. The number of nitrogens with zero attached hydrogens (tertiary/aromatic N) is 3. The first kappa shape index (κ1) is 19.2. The maximum atomic E-state index is 12.7. The van der Waals surface area contributed by atoms with Crippen LogP contribution in [0.2, 0.25) is 0 Å². The Hall–Kier alpha value is -4.14. The van der Waals surface area contributed by atoms with E-state index in [2.05, 4.69) is 15.0 Å². The van der Waals surface area contributed by atoms with Gasteiger partial charge in [-0.15, -0.1) is 0 Å². The van der Waals surface area contributed by atoms with Crippen molar-refractivity contribution in [2.75, 3.05) is 14.2 Å². The molecule has 3 N–H and O–H groups in total. The Balaban J connectivity index is 2.04. The van der Waals surface area contributed by atoms with E-state index in [9.17, 15) is 9.59 Å². The number of ether oxygens (including phenoxy) is 2. The van der Waals surface area contributed by atoms with Crippen LogP contribution in [0.15, 0.2) is 47.3 Å². The van der Waals surface area contributed by atoms with Crippen molar-refractivity contribution in [2.24, 2.45) is 5.73 Å². The van der Waals surface area contributed by atoms with Gasteiger partial charge in [-0.05, 0) is 31.2 Å². The van der Waals surface area contributed by atoms with Gasteiger partial charge in [0.1, 0.15) is 17.0 Å². The van der Waals surface area contributed by atoms with Crippen molar-refractivity contribution in [1.29, 1.82) is 0 Å². The van der Waals surface area contributed by atoms with Crippen LogP contribution < -0.4 is 20.9 Å². The topological polar surface area (TPSA) is 125 Å². The van der Waals surface area contributed by atoms with E-state index in [4.69, 9.17) is 15.2 Å². The number of imidazole rings is 1. The van der Waals surface area contributed by atoms with Gasteiger partial charge >= 0.3 is 5.69 Å². The molecule has 9 heteroatoms. The minimum atomic E-state index is -0.784. The highest BCUT2D eigenvalue weighted by Crippen LogP contribution is 2.32. The number of aromatic nitrogens is 4. The normalized spacial score (nSPS) is 10.9. The number of aromatic amines is 1. The fourth-order valence-corrected chi connectivity index (χ4v) is 3.20. The van der Waals surface area contributed by atoms with E-state index >= 15 is 0 Å². The van der Waals surface area contributed by atoms with Crippen molar-refractivity contribution in [3.63, 3.8) is 0 Å². The molecule has 4 rings (SSSR count). The lowest BCUT2D eigenvalue weighted by Crippen LogP contribution is -2.15. The highest BCUT2D eigenvalue weighted by molar-refractivity contribution is 6.02. The first-order chi connectivity index (χ1) is 14.4. The third kappa shape index (κ3) is 3.16. The molecule has 4 aromatic rings. The molecule has 0 unspecified atom stereocenters. The SMILES string of the molecule is COc1ccc(-c2nc(C(N)=O)c3[nH]c(=O)n(-c4ccc(C)cc4)c3n2)c(OC)c1. The Morgan fingerprint density at radius 1 is 1.07 bits per heavy atom. The number of H-pyrrole nitrogens is 1. The number of nitrogens with two attached hydrogens (primary N) is 1. The van der Waals surface area contributed by atoms with E-state index in [-0.39, 0.29) is 22.7 Å². The fraction of sp³-hybridized carbons (Fsp3) is 0.143. The molecule has 0 fully saturated rings. The van der Waals surface area contributed by atoms with E-state index < -0.39 is 11.6 Å². The van der Waals surface area contributed by atoms with Crippen molar-refractivity contribution in [3.8, 4) is 28.6 Å². The van der Waals surface area contributed by atoms with Gasteiger partial charge in [-0.25, -0.2) is 19.3 Å². The summed E-state index contributed by atoms with van der Waals surface area (Å²) >= 11 is 0. The molecule has 2 heterocycles. The van der Waals surface area contributed by atoms with E-state index in [1.54, 1.807) is 37.4 Å². The Morgan fingerprint density at radius 3 is 2.43 bits per heavy atom. The Morgan fingerprint density at radius 2 is 1.80 bits per heavy atom. The molecule has 30 heavy (non-hydrogen) atoms. The summed E-state index contributed by atoms with van der Waals surface area (Å²) in [4.78, 5) is 36.3. The van der Waals surface area contributed by atoms with Crippen LogP contribution in [-0.2, 0) is 0 Å². The summed E-state index contributed by atoms with van der Waals surface area (Å²) in [5.41, 5.74) is 7.58. The van der Waals surface area contributed by atoms with Gasteiger partial charge in [-0.3, -0.25) is 4.79 Å². The number of rotatable bonds is 5. The summed E-state index contributed by atoms with van der Waals surface area (Å²) in [6, 6.07) is 12.5. The molecule has 152 valence electrons. The molecule has 0 saturated carbocycles. The lowest BCUT2D eigenvalue weighted by molar-refractivity contribution is 0.0997. The van der Waals surface area contributed by atoms with Crippen LogP contribution in [0.1, 0.15) is 16.1 Å². The van der Waals surface area contributed by atoms with E-state index in [0.29, 0.717) is 22.7 Å². The highest BCUT2D eigenvalue weighted by Gasteiger charge is 2.21. The molecular weight excluding hydrogens is 386 g/mol. The molecule has 0 radical (unpaired) electrons. The van der Waals surface area contributed by atoms with Gasteiger partial charge in [0, 0.05) is 6.07 Å². The number of carbonyl (C=O) groups excluding carboxylic acids is 1. The Bertz CT molecular complexity index is 1320. The zero-order chi connectivity index (χ0) is 21.4. The first-order valence-electron chi connectivity index (χ1n) is 9.05. The van der Waals surface area contributed by atoms with Gasteiger partial charge in [0.15, 0.2) is 17.2 Å². The predicted octanol–water partition coefficient (Wildman–Crippen LogP) is 2.20. The summed E-state index contributed by atoms with van der Waals surface area (Å²) in [5, 5.41) is 0. The van der Waals surface area contributed by atoms with Crippen LogP contribution >= 0.6 is 0 Å². The number of nitrogens with one attached hydrogen (secondary N) is 1. The largest absolute Gasteiger partial charge is 0.497 e. The molecule has 2 aromatic carbocycles. The monoisotopic (exact) mass is 405 g/mol. The van der Waals surface area contributed by atoms with Crippen molar-refractivity contribution in [3.05, 3.63) is 64.2 Å². The standard InChI is InChI=1S/C21H19N5O4/c1-11-4-6-12(7-5-11)26-20-17(24-21(26)28)16(18(22)27)23-19(25-20)14-9-8-13(29-2)10-15(14)30-3/h4-10H,1-3H3,(H2,22,27)(H,24,28). The summed E-state index contributed by atoms with van der Waals surface area (Å²) < 4.78 is 12.0. The van der Waals surface area contributed by atoms with E-state index in [0.717, 1.165) is 5.56 Å². The van der Waals surface area contributed by atoms with E-state index in [1.807, 2.05) is 19.1 Å². The van der Waals surface area contributed by atoms with Crippen LogP contribution in [-0.4, -0.2) is 39.6 Å². The van der Waals surface area contributed by atoms with Crippen LogP contribution in [0.4, 0.5) is 0 Å². The van der Waals surface area contributed by atoms with Crippen molar-refractivity contribution in [2.45, 2.75) is 6.92 Å². The second kappa shape index (κ2) is 7.36. The Kier molecular flexibility index (Phi) is 4.71. The van der Waals surface area contributed by atoms with Crippen molar-refractivity contribution in [1.82, 2.24) is 19.5 Å². The van der Waals surface area contributed by atoms with Gasteiger partial charge in [-0.1, -0.05) is 17.7 Å². The lowest BCUT2D eigenvalue weighted by atomic mass is 10.1. The number of methoxy groups -OCH3 is 2. The highest BCUT2D eigenvalue weighted by atomic mass is 16.5. The molecule has 9 nitrogen and oxygen atoms in total. The molecule has 1 amide bonds. The number of hydrogen-bond donors (Lipinski definition) is 2. The second-order valence-electron chi connectivity index (χ2n) is 6.63. The number of fused-ring (bicyclic) bond motifs is 1. The summed E-state index contributed by atoms with van der Waals surface area (Å²) in [6.07, 6.45) is 0. The maximum Gasteiger partial charge on any atom is 0.332 e. The maximum absolute atomic E-state index is 12.7. The number of aryl methyl sites for hydroxylation is 1. The quantitative estimate of drug-likeness (QED) is 0.524. The van der Waals surface area contributed by atoms with Crippen LogP contribution in [0.25, 0.3) is 28.2 Å². The number of amides is 1. The molecule has 0 spiro atoms. The lowest BCUT2D eigenvalue weighted by Gasteiger charge is -2.11.